The van der Waals surface area contributed by atoms with Gasteiger partial charge >= 0.3 is 0 Å². The van der Waals surface area contributed by atoms with Crippen molar-refractivity contribution in [3.63, 3.8) is 0 Å². The topological polar surface area (TPSA) is 63.2 Å². The summed E-state index contributed by atoms with van der Waals surface area (Å²) in [5.41, 5.74) is 2.22. The van der Waals surface area contributed by atoms with Gasteiger partial charge in [-0.15, -0.1) is 11.3 Å². The molecule has 0 saturated carbocycles. The van der Waals surface area contributed by atoms with Crippen LogP contribution in [0.4, 0.5) is 0 Å². The number of fused-ring (bicyclic) bond motifs is 1. The lowest BCUT2D eigenvalue weighted by atomic mass is 9.98. The van der Waals surface area contributed by atoms with Crippen molar-refractivity contribution in [1.29, 1.82) is 0 Å². The largest absolute Gasteiger partial charge is 0.497 e. The number of likely N-dealkylation sites (N-methyl/N-ethyl adjacent to an activating group) is 1. The number of thiazole rings is 1. The molecule has 6 heteroatoms. The van der Waals surface area contributed by atoms with E-state index < -0.39 is 0 Å². The van der Waals surface area contributed by atoms with Gasteiger partial charge in [0, 0.05) is 5.56 Å². The maximum atomic E-state index is 11.9. The van der Waals surface area contributed by atoms with Gasteiger partial charge in [0.2, 0.25) is 5.91 Å². The van der Waals surface area contributed by atoms with Crippen molar-refractivity contribution in [3.05, 3.63) is 34.8 Å². The number of amides is 1. The molecule has 0 saturated heterocycles. The van der Waals surface area contributed by atoms with E-state index in [9.17, 15) is 4.79 Å². The second-order valence-electron chi connectivity index (χ2n) is 5.60. The summed E-state index contributed by atoms with van der Waals surface area (Å²) in [7, 11) is 3.44. The van der Waals surface area contributed by atoms with Crippen molar-refractivity contribution < 1.29 is 9.53 Å². The van der Waals surface area contributed by atoms with E-state index in [-0.39, 0.29) is 11.9 Å². The maximum Gasteiger partial charge on any atom is 0.234 e. The quantitative estimate of drug-likeness (QED) is 0.884. The van der Waals surface area contributed by atoms with E-state index >= 15 is 0 Å². The summed E-state index contributed by atoms with van der Waals surface area (Å²) in [5, 5.41) is 7.00. The Labute approximate surface area is 140 Å². The first-order valence-corrected chi connectivity index (χ1v) is 8.61. The van der Waals surface area contributed by atoms with Crippen LogP contribution in [-0.4, -0.2) is 31.6 Å². The maximum absolute atomic E-state index is 11.9. The molecule has 1 aromatic carbocycles. The monoisotopic (exact) mass is 331 g/mol. The number of carbonyl (C=O) groups is 1. The zero-order valence-corrected chi connectivity index (χ0v) is 14.2. The van der Waals surface area contributed by atoms with Gasteiger partial charge in [-0.1, -0.05) is 0 Å². The molecule has 0 radical (unpaired) electrons. The van der Waals surface area contributed by atoms with Crippen molar-refractivity contribution in [3.8, 4) is 16.3 Å². The number of ether oxygens (including phenoxy) is 1. The van der Waals surface area contributed by atoms with Crippen LogP contribution in [0.3, 0.4) is 0 Å². The van der Waals surface area contributed by atoms with Gasteiger partial charge in [0.1, 0.15) is 10.8 Å². The van der Waals surface area contributed by atoms with Crippen LogP contribution >= 0.6 is 11.3 Å². The first-order valence-electron chi connectivity index (χ1n) is 7.79. The number of aromatic nitrogens is 1. The molecule has 0 spiro atoms. The molecule has 1 aliphatic rings. The number of hydrogen-bond acceptors (Lipinski definition) is 5. The van der Waals surface area contributed by atoms with Gasteiger partial charge in [0.05, 0.1) is 30.3 Å². The molecule has 1 atom stereocenters. The zero-order chi connectivity index (χ0) is 16.2. The van der Waals surface area contributed by atoms with Crippen molar-refractivity contribution in [2.75, 3.05) is 20.7 Å². The van der Waals surface area contributed by atoms with Gasteiger partial charge in [-0.3, -0.25) is 4.79 Å². The van der Waals surface area contributed by atoms with Crippen molar-refractivity contribution in [2.45, 2.75) is 25.3 Å². The summed E-state index contributed by atoms with van der Waals surface area (Å²) in [4.78, 5) is 17.9. The number of hydrogen-bond donors (Lipinski definition) is 2. The van der Waals surface area contributed by atoms with E-state index in [0.29, 0.717) is 6.54 Å². The minimum atomic E-state index is 0.0322. The van der Waals surface area contributed by atoms with Crippen LogP contribution in [0, 0.1) is 0 Å². The van der Waals surface area contributed by atoms with Crippen molar-refractivity contribution >= 4 is 17.2 Å². The highest BCUT2D eigenvalue weighted by atomic mass is 32.1. The summed E-state index contributed by atoms with van der Waals surface area (Å²) in [5.74, 6) is 0.872. The van der Waals surface area contributed by atoms with Crippen LogP contribution in [0.15, 0.2) is 24.3 Å². The molecule has 1 aliphatic carbocycles. The summed E-state index contributed by atoms with van der Waals surface area (Å²) in [6.45, 7) is 0.343. The molecule has 0 unspecified atom stereocenters. The SMILES string of the molecule is CNCC(=O)N[C@H]1CCCc2nc(-c3ccc(OC)cc3)sc21. The fraction of sp³-hybridized carbons (Fsp3) is 0.412. The number of nitrogens with one attached hydrogen (secondary N) is 2. The molecular weight excluding hydrogens is 310 g/mol. The van der Waals surface area contributed by atoms with Crippen molar-refractivity contribution in [2.24, 2.45) is 0 Å². The van der Waals surface area contributed by atoms with Gasteiger partial charge in [-0.2, -0.15) is 0 Å². The fourth-order valence-electron chi connectivity index (χ4n) is 2.82. The molecule has 1 aromatic heterocycles. The lowest BCUT2D eigenvalue weighted by Crippen LogP contribution is -2.36. The minimum Gasteiger partial charge on any atom is -0.497 e. The average molecular weight is 331 g/mol. The summed E-state index contributed by atoms with van der Waals surface area (Å²) in [6, 6.07) is 8.03. The van der Waals surface area contributed by atoms with E-state index in [1.165, 1.54) is 4.88 Å². The molecule has 2 aromatic rings. The minimum absolute atomic E-state index is 0.0322. The normalized spacial score (nSPS) is 16.7. The Bertz CT molecular complexity index is 682. The molecule has 0 bridgehead atoms. The summed E-state index contributed by atoms with van der Waals surface area (Å²) < 4.78 is 5.20. The van der Waals surface area contributed by atoms with E-state index in [2.05, 4.69) is 10.6 Å². The van der Waals surface area contributed by atoms with Crippen LogP contribution < -0.4 is 15.4 Å². The number of aryl methyl sites for hydroxylation is 1. The predicted molar refractivity (Wildman–Crippen MR) is 91.9 cm³/mol. The highest BCUT2D eigenvalue weighted by molar-refractivity contribution is 7.15. The summed E-state index contributed by atoms with van der Waals surface area (Å²) in [6.07, 6.45) is 3.02. The number of methoxy groups -OCH3 is 1. The van der Waals surface area contributed by atoms with Crippen LogP contribution in [0.1, 0.15) is 29.5 Å². The second-order valence-corrected chi connectivity index (χ2v) is 6.63. The first kappa shape index (κ1) is 16.0. The molecule has 5 nitrogen and oxygen atoms in total. The number of benzene rings is 1. The Kier molecular flexibility index (Phi) is 4.93. The van der Waals surface area contributed by atoms with Crippen LogP contribution in [0.2, 0.25) is 0 Å². The third kappa shape index (κ3) is 3.54. The number of nitrogens with zero attached hydrogens (tertiary/aromatic N) is 1. The highest BCUT2D eigenvalue weighted by Gasteiger charge is 2.26. The van der Waals surface area contributed by atoms with Crippen LogP contribution in [0.5, 0.6) is 5.75 Å². The molecule has 122 valence electrons. The molecule has 1 heterocycles. The first-order chi connectivity index (χ1) is 11.2. The van der Waals surface area contributed by atoms with Crippen molar-refractivity contribution in [1.82, 2.24) is 15.6 Å². The lowest BCUT2D eigenvalue weighted by Gasteiger charge is -2.22. The Balaban J connectivity index is 1.83. The van der Waals surface area contributed by atoms with Gasteiger partial charge in [0.15, 0.2) is 0 Å². The third-order valence-electron chi connectivity index (χ3n) is 3.96. The fourth-order valence-corrected chi connectivity index (χ4v) is 4.02. The molecule has 23 heavy (non-hydrogen) atoms. The smallest absolute Gasteiger partial charge is 0.234 e. The highest BCUT2D eigenvalue weighted by Crippen LogP contribution is 2.38. The van der Waals surface area contributed by atoms with Gasteiger partial charge in [0.25, 0.3) is 0 Å². The Morgan fingerprint density at radius 2 is 2.17 bits per heavy atom. The molecular formula is C17H21N3O2S. The molecule has 2 N–H and O–H groups in total. The summed E-state index contributed by atoms with van der Waals surface area (Å²) >= 11 is 1.68. The Hall–Kier alpha value is -1.92. The Morgan fingerprint density at radius 3 is 2.87 bits per heavy atom. The lowest BCUT2D eigenvalue weighted by molar-refractivity contribution is -0.121. The Morgan fingerprint density at radius 1 is 1.39 bits per heavy atom. The average Bonchev–Trinajstić information content (AvgIpc) is 3.00. The number of rotatable bonds is 5. The van der Waals surface area contributed by atoms with Gasteiger partial charge < -0.3 is 15.4 Å². The van der Waals surface area contributed by atoms with E-state index in [1.807, 2.05) is 24.3 Å². The molecule has 0 aliphatic heterocycles. The third-order valence-corrected chi connectivity index (χ3v) is 5.22. The van der Waals surface area contributed by atoms with Crippen LogP contribution in [0.25, 0.3) is 10.6 Å². The van der Waals surface area contributed by atoms with E-state index in [1.54, 1.807) is 25.5 Å². The van der Waals surface area contributed by atoms with Gasteiger partial charge in [-0.25, -0.2) is 4.98 Å². The predicted octanol–water partition coefficient (Wildman–Crippen LogP) is 2.53. The molecule has 3 rings (SSSR count). The molecule has 0 fully saturated rings. The standard InChI is InChI=1S/C17H21N3O2S/c1-18-10-15(21)19-13-4-3-5-14-16(13)23-17(20-14)11-6-8-12(22-2)9-7-11/h6-9,13,18H,3-5,10H2,1-2H3,(H,19,21)/t13-/m0/s1. The second kappa shape index (κ2) is 7.10. The molecule has 1 amide bonds. The van der Waals surface area contributed by atoms with E-state index in [4.69, 9.17) is 9.72 Å². The zero-order valence-electron chi connectivity index (χ0n) is 13.4. The number of carbonyl (C=O) groups excluding carboxylic acids is 1. The van der Waals surface area contributed by atoms with E-state index in [0.717, 1.165) is 41.3 Å². The van der Waals surface area contributed by atoms with Gasteiger partial charge in [-0.05, 0) is 50.6 Å². The van der Waals surface area contributed by atoms with Crippen LogP contribution in [-0.2, 0) is 11.2 Å².